The van der Waals surface area contributed by atoms with E-state index in [2.05, 4.69) is 36.2 Å². The average Bonchev–Trinajstić information content (AvgIpc) is 3.58. The molecule has 1 N–H and O–H groups in total. The molecule has 0 aromatic heterocycles. The molecule has 0 atom stereocenters. The third kappa shape index (κ3) is 24.1. The summed E-state index contributed by atoms with van der Waals surface area (Å²) in [5.41, 5.74) is 5.16. The first-order chi connectivity index (χ1) is 29.6. The molecule has 0 saturated carbocycles. The molecule has 1 aliphatic carbocycles. The maximum Gasteiger partial charge on any atom is 0.407 e. The van der Waals surface area contributed by atoms with Crippen LogP contribution in [0.15, 0.2) is 60.7 Å². The number of carbonyl (C=O) groups is 2. The summed E-state index contributed by atoms with van der Waals surface area (Å²) in [6.07, 6.45) is 0.259. The van der Waals surface area contributed by atoms with Gasteiger partial charge in [-0.05, 0) is 35.6 Å². The summed E-state index contributed by atoms with van der Waals surface area (Å²) >= 11 is 0. The van der Waals surface area contributed by atoms with E-state index in [1.165, 1.54) is 22.3 Å². The predicted molar refractivity (Wildman–Crippen MR) is 222 cm³/mol. The summed E-state index contributed by atoms with van der Waals surface area (Å²) < 4.78 is 70.8. The van der Waals surface area contributed by atoms with Crippen LogP contribution in [-0.4, -0.2) is 177 Å². The minimum atomic E-state index is -0.420. The second kappa shape index (κ2) is 35.1. The number of fused-ring (bicyclic) bond motifs is 3. The Kier molecular flexibility index (Phi) is 29.7. The van der Waals surface area contributed by atoms with Gasteiger partial charge in [0.2, 0.25) is 0 Å². The van der Waals surface area contributed by atoms with Gasteiger partial charge in [-0.25, -0.2) is 9.59 Å². The largest absolute Gasteiger partial charge is 0.460 e. The van der Waals surface area contributed by atoms with Gasteiger partial charge in [0, 0.05) is 24.6 Å². The van der Waals surface area contributed by atoms with Gasteiger partial charge < -0.3 is 66.9 Å². The summed E-state index contributed by atoms with van der Waals surface area (Å²) in [6.45, 7) is 16.3. The highest BCUT2D eigenvalue weighted by Gasteiger charge is 2.29. The first-order valence-electron chi connectivity index (χ1n) is 20.8. The molecule has 2 aromatic carbocycles. The number of carbonyl (C=O) groups excluding carboxylic acids is 2. The zero-order valence-corrected chi connectivity index (χ0v) is 35.4. The van der Waals surface area contributed by atoms with Gasteiger partial charge in [0.25, 0.3) is 0 Å². The highest BCUT2D eigenvalue weighted by atomic mass is 16.6. The normalized spacial score (nSPS) is 12.0. The number of esters is 1. The molecule has 0 bridgehead atoms. The Bertz CT molecular complexity index is 1370. The van der Waals surface area contributed by atoms with E-state index in [4.69, 9.17) is 61.6 Å². The van der Waals surface area contributed by atoms with Crippen LogP contribution in [0.4, 0.5) is 4.79 Å². The molecule has 1 amide bonds. The molecule has 16 nitrogen and oxygen atoms in total. The van der Waals surface area contributed by atoms with Crippen molar-refractivity contribution in [1.82, 2.24) is 5.32 Å². The number of nitrogens with one attached hydrogen (secondary N) is 1. The molecule has 2 aromatic rings. The minimum absolute atomic E-state index is 0.0447. The number of benzene rings is 2. The highest BCUT2D eigenvalue weighted by molar-refractivity contribution is 5.86. The molecule has 0 spiro atoms. The number of hydrogen-bond acceptors (Lipinski definition) is 15. The molecular formula is C44H67NO15. The second-order valence-electron chi connectivity index (χ2n) is 13.3. The van der Waals surface area contributed by atoms with Gasteiger partial charge in [0.05, 0.1) is 139 Å². The Balaban J connectivity index is 0.925. The molecule has 0 aliphatic heterocycles. The van der Waals surface area contributed by atoms with Crippen LogP contribution >= 0.6 is 0 Å². The van der Waals surface area contributed by atoms with Crippen LogP contribution in [0.3, 0.4) is 0 Å². The van der Waals surface area contributed by atoms with Gasteiger partial charge in [-0.15, -0.1) is 0 Å². The van der Waals surface area contributed by atoms with Gasteiger partial charge >= 0.3 is 12.1 Å². The predicted octanol–water partition coefficient (Wildman–Crippen LogP) is 4.22. The van der Waals surface area contributed by atoms with Crippen LogP contribution in [-0.2, 0) is 66.4 Å². The van der Waals surface area contributed by atoms with E-state index >= 15 is 0 Å². The van der Waals surface area contributed by atoms with Gasteiger partial charge in [0.15, 0.2) is 0 Å². The molecule has 338 valence electrons. The summed E-state index contributed by atoms with van der Waals surface area (Å²) in [7, 11) is 0. The Morgan fingerprint density at radius 1 is 0.467 bits per heavy atom. The minimum Gasteiger partial charge on any atom is -0.460 e. The SMILES string of the molecule is C=C(C)C(=O)OCCOCCOCCOCCOCCOCCOCCOCCOCCOCCOCCOCCCNC(=O)OCC1c2ccccc2-c2ccccc21. The standard InChI is InChI=1S/C44H67NO15/c1-37(2)43(46)59-35-34-58-33-32-57-31-30-56-29-28-55-27-26-54-25-24-53-23-22-52-21-20-51-19-18-50-17-16-49-15-14-48-13-7-12-45-44(47)60-36-42-40-10-5-3-8-38(40)39-9-4-6-11-41(39)42/h3-6,8-11,42H,1,7,12-36H2,2H3,(H,45,47). The van der Waals surface area contributed by atoms with Crippen LogP contribution < -0.4 is 5.32 Å². The molecule has 60 heavy (non-hydrogen) atoms. The fraction of sp³-hybridized carbons (Fsp3) is 0.636. The lowest BCUT2D eigenvalue weighted by atomic mass is 9.98. The summed E-state index contributed by atoms with van der Waals surface area (Å²) in [5, 5.41) is 2.80. The van der Waals surface area contributed by atoms with Crippen molar-refractivity contribution in [2.75, 3.05) is 165 Å². The smallest absolute Gasteiger partial charge is 0.407 e. The second-order valence-corrected chi connectivity index (χ2v) is 13.3. The van der Waals surface area contributed by atoms with Gasteiger partial charge in [-0.3, -0.25) is 0 Å². The van der Waals surface area contributed by atoms with E-state index < -0.39 is 12.1 Å². The fourth-order valence-electron chi connectivity index (χ4n) is 5.63. The van der Waals surface area contributed by atoms with Crippen molar-refractivity contribution in [3.8, 4) is 11.1 Å². The number of hydrogen-bond donors (Lipinski definition) is 1. The molecule has 1 aliphatic rings. The Hall–Kier alpha value is -3.52. The van der Waals surface area contributed by atoms with Gasteiger partial charge in [0.1, 0.15) is 13.2 Å². The van der Waals surface area contributed by atoms with E-state index in [1.54, 1.807) is 6.92 Å². The van der Waals surface area contributed by atoms with Crippen molar-refractivity contribution >= 4 is 12.1 Å². The number of rotatable bonds is 40. The van der Waals surface area contributed by atoms with Crippen LogP contribution in [0, 0.1) is 0 Å². The molecule has 3 rings (SSSR count). The Morgan fingerprint density at radius 2 is 0.783 bits per heavy atom. The maximum atomic E-state index is 12.3. The maximum absolute atomic E-state index is 12.3. The van der Waals surface area contributed by atoms with Crippen LogP contribution in [0.5, 0.6) is 0 Å². The molecule has 0 fully saturated rings. The van der Waals surface area contributed by atoms with Crippen molar-refractivity contribution in [3.63, 3.8) is 0 Å². The summed E-state index contributed by atoms with van der Waals surface area (Å²) in [6, 6.07) is 16.6. The zero-order valence-electron chi connectivity index (χ0n) is 35.4. The van der Waals surface area contributed by atoms with E-state index in [0.29, 0.717) is 170 Å². The van der Waals surface area contributed by atoms with Crippen molar-refractivity contribution < 1.29 is 71.2 Å². The van der Waals surface area contributed by atoms with Crippen molar-refractivity contribution in [3.05, 3.63) is 71.8 Å². The van der Waals surface area contributed by atoms with Crippen LogP contribution in [0.2, 0.25) is 0 Å². The van der Waals surface area contributed by atoms with E-state index in [1.807, 2.05) is 24.3 Å². The first-order valence-corrected chi connectivity index (χ1v) is 20.8. The zero-order chi connectivity index (χ0) is 42.6. The molecule has 0 saturated heterocycles. The average molecular weight is 850 g/mol. The first kappa shape index (κ1) is 50.8. The highest BCUT2D eigenvalue weighted by Crippen LogP contribution is 2.44. The monoisotopic (exact) mass is 849 g/mol. The Morgan fingerprint density at radius 3 is 1.13 bits per heavy atom. The van der Waals surface area contributed by atoms with Crippen molar-refractivity contribution in [2.45, 2.75) is 19.3 Å². The molecule has 0 heterocycles. The third-order valence-corrected chi connectivity index (χ3v) is 8.61. The number of amides is 1. The summed E-state index contributed by atoms with van der Waals surface area (Å²) in [5.74, 6) is -0.372. The van der Waals surface area contributed by atoms with E-state index in [-0.39, 0.29) is 12.5 Å². The lowest BCUT2D eigenvalue weighted by molar-refractivity contribution is -0.140. The fourth-order valence-corrected chi connectivity index (χ4v) is 5.63. The van der Waals surface area contributed by atoms with E-state index in [0.717, 1.165) is 0 Å². The van der Waals surface area contributed by atoms with Gasteiger partial charge in [-0.1, -0.05) is 55.1 Å². The van der Waals surface area contributed by atoms with Crippen molar-refractivity contribution in [2.24, 2.45) is 0 Å². The molecule has 16 heteroatoms. The lowest BCUT2D eigenvalue weighted by Gasteiger charge is -2.14. The third-order valence-electron chi connectivity index (χ3n) is 8.61. The lowest BCUT2D eigenvalue weighted by Crippen LogP contribution is -2.27. The van der Waals surface area contributed by atoms with Crippen LogP contribution in [0.1, 0.15) is 30.4 Å². The topological polar surface area (TPSA) is 166 Å². The molecular weight excluding hydrogens is 782 g/mol. The van der Waals surface area contributed by atoms with Gasteiger partial charge in [-0.2, -0.15) is 0 Å². The van der Waals surface area contributed by atoms with Crippen molar-refractivity contribution in [1.29, 1.82) is 0 Å². The number of ether oxygens (including phenoxy) is 13. The molecule has 0 radical (unpaired) electrons. The van der Waals surface area contributed by atoms with Crippen LogP contribution in [0.25, 0.3) is 11.1 Å². The van der Waals surface area contributed by atoms with E-state index in [9.17, 15) is 9.59 Å². The number of alkyl carbamates (subject to hydrolysis) is 1. The molecule has 0 unspecified atom stereocenters. The summed E-state index contributed by atoms with van der Waals surface area (Å²) in [4.78, 5) is 23.5. The quantitative estimate of drug-likeness (QED) is 0.0575. The Labute approximate surface area is 355 Å².